The first-order chi connectivity index (χ1) is 9.65. The molecule has 3 rings (SSSR count). The summed E-state index contributed by atoms with van der Waals surface area (Å²) in [6, 6.07) is 5.74. The van der Waals surface area contributed by atoms with Gasteiger partial charge in [0.1, 0.15) is 0 Å². The Balaban J connectivity index is 1.77. The van der Waals surface area contributed by atoms with Crippen LogP contribution in [0.1, 0.15) is 23.7 Å². The first kappa shape index (κ1) is 13.2. The maximum absolute atomic E-state index is 12.5. The number of likely N-dealkylation sites (tertiary alicyclic amines) is 1. The van der Waals surface area contributed by atoms with Crippen LogP contribution in [-0.4, -0.2) is 48.2 Å². The van der Waals surface area contributed by atoms with E-state index in [0.29, 0.717) is 25.1 Å². The second-order valence-electron chi connectivity index (χ2n) is 5.70. The Labute approximate surface area is 119 Å². The maximum Gasteiger partial charge on any atom is 0.253 e. The average Bonchev–Trinajstić information content (AvgIpc) is 2.49. The molecule has 1 aromatic rings. The van der Waals surface area contributed by atoms with E-state index in [0.717, 1.165) is 24.5 Å². The smallest absolute Gasteiger partial charge is 0.253 e. The molecule has 2 atom stereocenters. The SMILES string of the molecule is CC1CN(C(=O)c2ccc3c(c2)NCCN3)CCC1O. The summed E-state index contributed by atoms with van der Waals surface area (Å²) in [5.41, 5.74) is 2.76. The number of benzene rings is 1. The number of hydrogen-bond donors (Lipinski definition) is 3. The maximum atomic E-state index is 12.5. The zero-order valence-corrected chi connectivity index (χ0v) is 11.7. The number of anilines is 2. The van der Waals surface area contributed by atoms with Crippen LogP contribution in [0.2, 0.25) is 0 Å². The molecule has 2 heterocycles. The first-order valence-electron chi connectivity index (χ1n) is 7.24. The van der Waals surface area contributed by atoms with Gasteiger partial charge in [-0.2, -0.15) is 0 Å². The van der Waals surface area contributed by atoms with E-state index in [9.17, 15) is 9.90 Å². The molecule has 0 saturated carbocycles. The van der Waals surface area contributed by atoms with Gasteiger partial charge < -0.3 is 20.6 Å². The van der Waals surface area contributed by atoms with Crippen LogP contribution in [-0.2, 0) is 0 Å². The molecule has 1 amide bonds. The number of nitrogens with one attached hydrogen (secondary N) is 2. The fourth-order valence-electron chi connectivity index (χ4n) is 2.87. The summed E-state index contributed by atoms with van der Waals surface area (Å²) in [5, 5.41) is 16.4. The minimum atomic E-state index is -0.284. The second kappa shape index (κ2) is 5.32. The van der Waals surface area contributed by atoms with Gasteiger partial charge in [0, 0.05) is 31.7 Å². The third-order valence-electron chi connectivity index (χ3n) is 4.17. The van der Waals surface area contributed by atoms with Crippen molar-refractivity contribution in [1.82, 2.24) is 4.90 Å². The quantitative estimate of drug-likeness (QED) is 0.724. The van der Waals surface area contributed by atoms with Crippen LogP contribution in [0, 0.1) is 5.92 Å². The van der Waals surface area contributed by atoms with Crippen molar-refractivity contribution in [2.45, 2.75) is 19.4 Å². The van der Waals surface area contributed by atoms with Crippen molar-refractivity contribution in [1.29, 1.82) is 0 Å². The number of amides is 1. The van der Waals surface area contributed by atoms with Crippen molar-refractivity contribution >= 4 is 17.3 Å². The lowest BCUT2D eigenvalue weighted by Crippen LogP contribution is -2.45. The number of rotatable bonds is 1. The van der Waals surface area contributed by atoms with E-state index >= 15 is 0 Å². The minimum Gasteiger partial charge on any atom is -0.393 e. The summed E-state index contributed by atoms with van der Waals surface area (Å²) in [4.78, 5) is 14.4. The van der Waals surface area contributed by atoms with Crippen LogP contribution in [0.25, 0.3) is 0 Å². The van der Waals surface area contributed by atoms with Gasteiger partial charge in [0.25, 0.3) is 5.91 Å². The Hall–Kier alpha value is -1.75. The molecule has 2 aliphatic heterocycles. The van der Waals surface area contributed by atoms with Crippen LogP contribution in [0.3, 0.4) is 0 Å². The van der Waals surface area contributed by atoms with Crippen molar-refractivity contribution in [2.24, 2.45) is 5.92 Å². The molecule has 5 heteroatoms. The van der Waals surface area contributed by atoms with Crippen LogP contribution in [0.5, 0.6) is 0 Å². The van der Waals surface area contributed by atoms with E-state index in [1.165, 1.54) is 0 Å². The summed E-state index contributed by atoms with van der Waals surface area (Å²) in [5.74, 6) is 0.198. The molecule has 0 radical (unpaired) electrons. The predicted molar refractivity (Wildman–Crippen MR) is 79.1 cm³/mol. The number of aliphatic hydroxyl groups is 1. The molecule has 1 aromatic carbocycles. The molecule has 0 spiro atoms. The van der Waals surface area contributed by atoms with Gasteiger partial charge in [0.2, 0.25) is 0 Å². The summed E-state index contributed by atoms with van der Waals surface area (Å²) in [7, 11) is 0. The van der Waals surface area contributed by atoms with Crippen molar-refractivity contribution in [2.75, 3.05) is 36.8 Å². The van der Waals surface area contributed by atoms with E-state index in [4.69, 9.17) is 0 Å². The van der Waals surface area contributed by atoms with Gasteiger partial charge >= 0.3 is 0 Å². The van der Waals surface area contributed by atoms with Gasteiger partial charge in [-0.25, -0.2) is 0 Å². The molecular formula is C15H21N3O2. The Kier molecular flexibility index (Phi) is 3.53. The largest absolute Gasteiger partial charge is 0.393 e. The highest BCUT2D eigenvalue weighted by molar-refractivity contribution is 5.96. The zero-order chi connectivity index (χ0) is 14.1. The molecular weight excluding hydrogens is 254 g/mol. The number of hydrogen-bond acceptors (Lipinski definition) is 4. The summed E-state index contributed by atoms with van der Waals surface area (Å²) >= 11 is 0. The molecule has 2 unspecified atom stereocenters. The molecule has 2 aliphatic rings. The number of aliphatic hydroxyl groups excluding tert-OH is 1. The van der Waals surface area contributed by atoms with Gasteiger partial charge in [-0.1, -0.05) is 6.92 Å². The number of piperidine rings is 1. The van der Waals surface area contributed by atoms with Gasteiger partial charge in [0.15, 0.2) is 0 Å². The van der Waals surface area contributed by atoms with Gasteiger partial charge in [-0.15, -0.1) is 0 Å². The number of carbonyl (C=O) groups excluding carboxylic acids is 1. The second-order valence-corrected chi connectivity index (χ2v) is 5.70. The van der Waals surface area contributed by atoms with Crippen LogP contribution in [0.15, 0.2) is 18.2 Å². The first-order valence-corrected chi connectivity index (χ1v) is 7.24. The lowest BCUT2D eigenvalue weighted by molar-refractivity contribution is 0.0297. The third kappa shape index (κ3) is 2.45. The van der Waals surface area contributed by atoms with Crippen LogP contribution in [0.4, 0.5) is 11.4 Å². The molecule has 0 bridgehead atoms. The van der Waals surface area contributed by atoms with E-state index in [2.05, 4.69) is 10.6 Å². The third-order valence-corrected chi connectivity index (χ3v) is 4.17. The molecule has 0 aliphatic carbocycles. The molecule has 108 valence electrons. The lowest BCUT2D eigenvalue weighted by atomic mass is 9.96. The molecule has 1 fully saturated rings. The molecule has 1 saturated heterocycles. The Morgan fingerprint density at radius 3 is 2.80 bits per heavy atom. The van der Waals surface area contributed by atoms with Crippen LogP contribution < -0.4 is 10.6 Å². The van der Waals surface area contributed by atoms with Crippen molar-refractivity contribution in [3.63, 3.8) is 0 Å². The standard InChI is InChI=1S/C15H21N3O2/c1-10-9-18(7-4-14(10)19)15(20)11-2-3-12-13(8-11)17-6-5-16-12/h2-3,8,10,14,16-17,19H,4-7,9H2,1H3. The Morgan fingerprint density at radius 2 is 2.05 bits per heavy atom. The summed E-state index contributed by atoms with van der Waals surface area (Å²) in [6.07, 6.45) is 0.380. The minimum absolute atomic E-state index is 0.0546. The van der Waals surface area contributed by atoms with Gasteiger partial charge in [-0.05, 0) is 30.5 Å². The van der Waals surface area contributed by atoms with E-state index < -0.39 is 0 Å². The molecule has 5 nitrogen and oxygen atoms in total. The predicted octanol–water partition coefficient (Wildman–Crippen LogP) is 1.37. The zero-order valence-electron chi connectivity index (χ0n) is 11.7. The monoisotopic (exact) mass is 275 g/mol. The Bertz CT molecular complexity index is 518. The molecule has 3 N–H and O–H groups in total. The summed E-state index contributed by atoms with van der Waals surface area (Å²) in [6.45, 7) is 5.03. The number of nitrogens with zero attached hydrogens (tertiary/aromatic N) is 1. The van der Waals surface area contributed by atoms with E-state index in [1.54, 1.807) is 0 Å². The number of carbonyl (C=O) groups is 1. The summed E-state index contributed by atoms with van der Waals surface area (Å²) < 4.78 is 0. The average molecular weight is 275 g/mol. The highest BCUT2D eigenvalue weighted by atomic mass is 16.3. The molecule has 20 heavy (non-hydrogen) atoms. The lowest BCUT2D eigenvalue weighted by Gasteiger charge is -2.34. The van der Waals surface area contributed by atoms with Crippen molar-refractivity contribution in [3.8, 4) is 0 Å². The fraction of sp³-hybridized carbons (Fsp3) is 0.533. The van der Waals surface area contributed by atoms with E-state index in [1.807, 2.05) is 30.0 Å². The van der Waals surface area contributed by atoms with Gasteiger partial charge in [0.05, 0.1) is 17.5 Å². The molecule has 0 aromatic heterocycles. The Morgan fingerprint density at radius 1 is 1.30 bits per heavy atom. The number of fused-ring (bicyclic) bond motifs is 1. The fourth-order valence-corrected chi connectivity index (χ4v) is 2.87. The normalized spacial score (nSPS) is 25.4. The highest BCUT2D eigenvalue weighted by Gasteiger charge is 2.28. The van der Waals surface area contributed by atoms with Crippen LogP contribution >= 0.6 is 0 Å². The van der Waals surface area contributed by atoms with Gasteiger partial charge in [-0.3, -0.25) is 4.79 Å². The highest BCUT2D eigenvalue weighted by Crippen LogP contribution is 2.27. The van der Waals surface area contributed by atoms with Crippen molar-refractivity contribution < 1.29 is 9.90 Å². The topological polar surface area (TPSA) is 64.6 Å². The van der Waals surface area contributed by atoms with Crippen molar-refractivity contribution in [3.05, 3.63) is 23.8 Å². The van der Waals surface area contributed by atoms with E-state index in [-0.39, 0.29) is 17.9 Å².